The van der Waals surface area contributed by atoms with Crippen molar-refractivity contribution in [3.63, 3.8) is 0 Å². The molecule has 140 valence electrons. The predicted octanol–water partition coefficient (Wildman–Crippen LogP) is 5.71. The van der Waals surface area contributed by atoms with Crippen molar-refractivity contribution in [3.8, 4) is 11.8 Å². The lowest BCUT2D eigenvalue weighted by molar-refractivity contribution is -0.112. The van der Waals surface area contributed by atoms with Gasteiger partial charge in [-0.3, -0.25) is 4.79 Å². The highest BCUT2D eigenvalue weighted by Crippen LogP contribution is 2.25. The van der Waals surface area contributed by atoms with Crippen LogP contribution >= 0.6 is 15.9 Å². The summed E-state index contributed by atoms with van der Waals surface area (Å²) in [6.45, 7) is 5.96. The normalized spacial score (nSPS) is 11.2. The van der Waals surface area contributed by atoms with Gasteiger partial charge in [-0.05, 0) is 68.8 Å². The Morgan fingerprint density at radius 1 is 1.11 bits per heavy atom. The number of anilines is 1. The number of halogens is 1. The number of carbonyl (C=O) groups is 1. The molecule has 1 N–H and O–H groups in total. The number of hydrogen-bond donors (Lipinski definition) is 1. The molecule has 3 aromatic rings. The summed E-state index contributed by atoms with van der Waals surface area (Å²) in [6, 6.07) is 19.5. The fraction of sp³-hybridized carbons (Fsp3) is 0.130. The van der Waals surface area contributed by atoms with E-state index in [-0.39, 0.29) is 5.57 Å². The van der Waals surface area contributed by atoms with Gasteiger partial charge < -0.3 is 9.88 Å². The smallest absolute Gasteiger partial charge is 0.266 e. The molecule has 1 amide bonds. The molecule has 0 aliphatic heterocycles. The maximum atomic E-state index is 12.5. The van der Waals surface area contributed by atoms with Gasteiger partial charge in [0.05, 0.1) is 0 Å². The standard InChI is InChI=1S/C23H20BrN3O/c1-15-7-9-21(10-8-15)26-23(28)19(14-25)12-18-11-16(2)27(17(18)3)22-6-4-5-20(24)13-22/h4-13H,1-3H3,(H,26,28)/b19-12-. The number of amides is 1. The molecular formula is C23H20BrN3O. The van der Waals surface area contributed by atoms with Gasteiger partial charge in [0.2, 0.25) is 0 Å². The first-order valence-electron chi connectivity index (χ1n) is 8.83. The molecule has 0 spiro atoms. The molecule has 3 rings (SSSR count). The second kappa shape index (κ2) is 8.28. The molecule has 0 aliphatic rings. The Hall–Kier alpha value is -3.10. The van der Waals surface area contributed by atoms with Gasteiger partial charge >= 0.3 is 0 Å². The summed E-state index contributed by atoms with van der Waals surface area (Å²) < 4.78 is 3.09. The second-order valence-corrected chi connectivity index (χ2v) is 7.55. The topological polar surface area (TPSA) is 57.8 Å². The van der Waals surface area contributed by atoms with Crippen molar-refractivity contribution in [2.45, 2.75) is 20.8 Å². The lowest BCUT2D eigenvalue weighted by Crippen LogP contribution is -2.13. The zero-order chi connectivity index (χ0) is 20.3. The van der Waals surface area contributed by atoms with E-state index in [1.54, 1.807) is 6.08 Å². The quantitative estimate of drug-likeness (QED) is 0.422. The first-order chi connectivity index (χ1) is 13.4. The van der Waals surface area contributed by atoms with Gasteiger partial charge in [0.15, 0.2) is 0 Å². The Bertz CT molecular complexity index is 1100. The van der Waals surface area contributed by atoms with E-state index in [0.29, 0.717) is 5.69 Å². The highest BCUT2D eigenvalue weighted by molar-refractivity contribution is 9.10. The molecule has 0 unspecified atom stereocenters. The van der Waals surface area contributed by atoms with Gasteiger partial charge in [-0.1, -0.05) is 39.7 Å². The van der Waals surface area contributed by atoms with Gasteiger partial charge in [-0.25, -0.2) is 0 Å². The largest absolute Gasteiger partial charge is 0.321 e. The molecule has 0 radical (unpaired) electrons. The van der Waals surface area contributed by atoms with Crippen LogP contribution in [-0.2, 0) is 4.79 Å². The van der Waals surface area contributed by atoms with E-state index in [9.17, 15) is 10.1 Å². The van der Waals surface area contributed by atoms with Crippen LogP contribution in [0.1, 0.15) is 22.5 Å². The van der Waals surface area contributed by atoms with Crippen molar-refractivity contribution < 1.29 is 4.79 Å². The number of rotatable bonds is 4. The van der Waals surface area contributed by atoms with E-state index in [2.05, 4.69) is 25.8 Å². The molecule has 2 aromatic carbocycles. The van der Waals surface area contributed by atoms with Crippen molar-refractivity contribution in [1.82, 2.24) is 4.57 Å². The van der Waals surface area contributed by atoms with E-state index in [1.807, 2.05) is 81.4 Å². The lowest BCUT2D eigenvalue weighted by Gasteiger charge is -2.10. The molecule has 0 saturated heterocycles. The average molecular weight is 434 g/mol. The van der Waals surface area contributed by atoms with E-state index < -0.39 is 5.91 Å². The predicted molar refractivity (Wildman–Crippen MR) is 116 cm³/mol. The first-order valence-corrected chi connectivity index (χ1v) is 9.63. The molecule has 0 bridgehead atoms. The lowest BCUT2D eigenvalue weighted by atomic mass is 10.1. The minimum atomic E-state index is -0.418. The summed E-state index contributed by atoms with van der Waals surface area (Å²) in [5.41, 5.74) is 5.68. The summed E-state index contributed by atoms with van der Waals surface area (Å²) >= 11 is 3.50. The van der Waals surface area contributed by atoms with Gasteiger partial charge in [0, 0.05) is 27.2 Å². The molecule has 0 fully saturated rings. The summed E-state index contributed by atoms with van der Waals surface area (Å²) in [7, 11) is 0. The van der Waals surface area contributed by atoms with Crippen molar-refractivity contribution in [2.75, 3.05) is 5.32 Å². The fourth-order valence-electron chi connectivity index (χ4n) is 3.09. The molecule has 0 atom stereocenters. The van der Waals surface area contributed by atoms with Gasteiger partial charge in [0.1, 0.15) is 11.6 Å². The average Bonchev–Trinajstić information content (AvgIpc) is 2.94. The van der Waals surface area contributed by atoms with Crippen LogP contribution in [0.15, 0.2) is 64.6 Å². The SMILES string of the molecule is Cc1ccc(NC(=O)/C(C#N)=C\c2cc(C)n(-c3cccc(Br)c3)c2C)cc1. The highest BCUT2D eigenvalue weighted by atomic mass is 79.9. The Kier molecular flexibility index (Phi) is 5.81. The van der Waals surface area contributed by atoms with Crippen molar-refractivity contribution >= 4 is 33.6 Å². The second-order valence-electron chi connectivity index (χ2n) is 6.63. The van der Waals surface area contributed by atoms with Gasteiger partial charge in [0.25, 0.3) is 5.91 Å². The molecule has 4 nitrogen and oxygen atoms in total. The molecule has 28 heavy (non-hydrogen) atoms. The molecule has 0 saturated carbocycles. The van der Waals surface area contributed by atoms with Crippen LogP contribution in [0.25, 0.3) is 11.8 Å². The zero-order valence-corrected chi connectivity index (χ0v) is 17.5. The van der Waals surface area contributed by atoms with E-state index >= 15 is 0 Å². The van der Waals surface area contributed by atoms with E-state index in [4.69, 9.17) is 0 Å². The fourth-order valence-corrected chi connectivity index (χ4v) is 3.47. The highest BCUT2D eigenvalue weighted by Gasteiger charge is 2.14. The zero-order valence-electron chi connectivity index (χ0n) is 16.0. The summed E-state index contributed by atoms with van der Waals surface area (Å²) in [5, 5.41) is 12.3. The molecule has 0 aliphatic carbocycles. The number of nitriles is 1. The summed E-state index contributed by atoms with van der Waals surface area (Å²) in [4.78, 5) is 12.5. The third-order valence-corrected chi connectivity index (χ3v) is 5.00. The minimum absolute atomic E-state index is 0.0649. The minimum Gasteiger partial charge on any atom is -0.321 e. The Balaban J connectivity index is 1.93. The van der Waals surface area contributed by atoms with E-state index in [0.717, 1.165) is 32.7 Å². The Morgan fingerprint density at radius 2 is 1.82 bits per heavy atom. The number of nitrogens with zero attached hydrogens (tertiary/aromatic N) is 2. The monoisotopic (exact) mass is 433 g/mol. The van der Waals surface area contributed by atoms with Crippen molar-refractivity contribution in [2.24, 2.45) is 0 Å². The van der Waals surface area contributed by atoms with E-state index in [1.165, 1.54) is 0 Å². The Labute approximate surface area is 173 Å². The number of nitrogens with one attached hydrogen (secondary N) is 1. The van der Waals surface area contributed by atoms with Crippen LogP contribution in [0.3, 0.4) is 0 Å². The van der Waals surface area contributed by atoms with Gasteiger partial charge in [-0.15, -0.1) is 0 Å². The number of aromatic nitrogens is 1. The van der Waals surface area contributed by atoms with Crippen LogP contribution in [0, 0.1) is 32.1 Å². The molecule has 5 heteroatoms. The van der Waals surface area contributed by atoms with Crippen LogP contribution in [0.5, 0.6) is 0 Å². The number of aryl methyl sites for hydroxylation is 2. The summed E-state index contributed by atoms with van der Waals surface area (Å²) in [6.07, 6.45) is 1.64. The third-order valence-electron chi connectivity index (χ3n) is 4.51. The maximum Gasteiger partial charge on any atom is 0.266 e. The maximum absolute atomic E-state index is 12.5. The number of hydrogen-bond acceptors (Lipinski definition) is 2. The molecule has 1 aromatic heterocycles. The Morgan fingerprint density at radius 3 is 2.46 bits per heavy atom. The molecule has 1 heterocycles. The first kappa shape index (κ1) is 19.7. The van der Waals surface area contributed by atoms with Crippen LogP contribution < -0.4 is 5.32 Å². The third kappa shape index (κ3) is 4.24. The number of benzene rings is 2. The van der Waals surface area contributed by atoms with Crippen molar-refractivity contribution in [1.29, 1.82) is 5.26 Å². The molecular weight excluding hydrogens is 414 g/mol. The van der Waals surface area contributed by atoms with Crippen LogP contribution in [0.4, 0.5) is 5.69 Å². The number of carbonyl (C=O) groups excluding carboxylic acids is 1. The summed E-state index contributed by atoms with van der Waals surface area (Å²) in [5.74, 6) is -0.418. The van der Waals surface area contributed by atoms with Crippen LogP contribution in [0.2, 0.25) is 0 Å². The van der Waals surface area contributed by atoms with Crippen molar-refractivity contribution in [3.05, 3.63) is 87.2 Å². The van der Waals surface area contributed by atoms with Crippen LogP contribution in [-0.4, -0.2) is 10.5 Å². The van der Waals surface area contributed by atoms with Gasteiger partial charge in [-0.2, -0.15) is 5.26 Å².